The molecule has 1 aromatic rings. The topological polar surface area (TPSA) is 32.3 Å². The number of rotatable bonds is 3. The molecule has 2 rings (SSSR count). The largest absolute Gasteiger partial charge is 0.333 e. The van der Waals surface area contributed by atoms with Crippen LogP contribution >= 0.6 is 15.9 Å². The molecule has 92 valence electrons. The summed E-state index contributed by atoms with van der Waals surface area (Å²) in [6, 6.07) is 4.63. The third-order valence-corrected chi connectivity index (χ3v) is 3.58. The van der Waals surface area contributed by atoms with Gasteiger partial charge in [0.05, 0.1) is 10.5 Å². The predicted molar refractivity (Wildman–Crippen MR) is 67.5 cm³/mol. The van der Waals surface area contributed by atoms with E-state index >= 15 is 0 Å². The van der Waals surface area contributed by atoms with Gasteiger partial charge in [-0.15, -0.1) is 0 Å². The van der Waals surface area contributed by atoms with Crippen molar-refractivity contribution in [1.29, 1.82) is 0 Å². The molecule has 1 N–H and O–H groups in total. The van der Waals surface area contributed by atoms with Gasteiger partial charge in [0.2, 0.25) is 0 Å². The number of amides is 1. The van der Waals surface area contributed by atoms with Crippen molar-refractivity contribution in [1.82, 2.24) is 10.2 Å². The molecule has 0 radical (unpaired) electrons. The van der Waals surface area contributed by atoms with E-state index in [2.05, 4.69) is 21.2 Å². The molecule has 1 fully saturated rings. The third-order valence-electron chi connectivity index (χ3n) is 2.97. The average molecular weight is 301 g/mol. The van der Waals surface area contributed by atoms with Crippen molar-refractivity contribution in [3.63, 3.8) is 0 Å². The van der Waals surface area contributed by atoms with Gasteiger partial charge < -0.3 is 10.2 Å². The first-order valence-electron chi connectivity index (χ1n) is 5.60. The molecule has 1 heterocycles. The summed E-state index contributed by atoms with van der Waals surface area (Å²) in [5.74, 6) is -0.394. The van der Waals surface area contributed by atoms with Crippen LogP contribution in [-0.2, 0) is 0 Å². The molecule has 1 saturated heterocycles. The summed E-state index contributed by atoms with van der Waals surface area (Å²) in [6.45, 7) is 4.29. The molecule has 1 aliphatic heterocycles. The molecule has 0 bridgehead atoms. The first-order chi connectivity index (χ1) is 8.13. The number of hydrogen-bond acceptors (Lipinski definition) is 2. The number of halogens is 2. The smallest absolute Gasteiger partial charge is 0.254 e. The van der Waals surface area contributed by atoms with Crippen LogP contribution < -0.4 is 5.32 Å². The fraction of sp³-hybridized carbons (Fsp3) is 0.417. The van der Waals surface area contributed by atoms with Crippen molar-refractivity contribution in [2.75, 3.05) is 19.6 Å². The first-order valence-corrected chi connectivity index (χ1v) is 6.39. The van der Waals surface area contributed by atoms with Crippen LogP contribution in [0.5, 0.6) is 0 Å². The minimum Gasteiger partial charge on any atom is -0.333 e. The van der Waals surface area contributed by atoms with Gasteiger partial charge in [-0.2, -0.15) is 0 Å². The average Bonchev–Trinajstić information content (AvgIpc) is 2.26. The molecule has 3 nitrogen and oxygen atoms in total. The Morgan fingerprint density at radius 3 is 2.76 bits per heavy atom. The van der Waals surface area contributed by atoms with Crippen molar-refractivity contribution < 1.29 is 9.18 Å². The normalized spacial score (nSPS) is 15.5. The van der Waals surface area contributed by atoms with Crippen molar-refractivity contribution in [3.05, 3.63) is 34.1 Å². The zero-order valence-electron chi connectivity index (χ0n) is 9.54. The molecule has 5 heteroatoms. The molecule has 0 spiro atoms. The molecule has 1 aliphatic rings. The fourth-order valence-electron chi connectivity index (χ4n) is 1.86. The maximum atomic E-state index is 13.1. The summed E-state index contributed by atoms with van der Waals surface area (Å²) in [5.41, 5.74) is 0.520. The summed E-state index contributed by atoms with van der Waals surface area (Å²) in [6.07, 6.45) is 0. The van der Waals surface area contributed by atoms with Gasteiger partial charge in [0.1, 0.15) is 5.82 Å². The second-order valence-electron chi connectivity index (χ2n) is 4.03. The lowest BCUT2D eigenvalue weighted by atomic mass is 10.1. The van der Waals surface area contributed by atoms with E-state index in [-0.39, 0.29) is 17.8 Å². The van der Waals surface area contributed by atoms with Gasteiger partial charge in [0, 0.05) is 25.2 Å². The second-order valence-corrected chi connectivity index (χ2v) is 4.89. The van der Waals surface area contributed by atoms with Crippen LogP contribution in [0.2, 0.25) is 0 Å². The number of nitrogens with zero attached hydrogens (tertiary/aromatic N) is 1. The van der Waals surface area contributed by atoms with Crippen LogP contribution in [0.1, 0.15) is 17.3 Å². The van der Waals surface area contributed by atoms with Gasteiger partial charge in [-0.25, -0.2) is 4.39 Å². The lowest BCUT2D eigenvalue weighted by Crippen LogP contribution is -2.58. The quantitative estimate of drug-likeness (QED) is 0.926. The number of carbonyl (C=O) groups excluding carboxylic acids is 1. The highest BCUT2D eigenvalue weighted by Crippen LogP contribution is 2.19. The number of benzene rings is 1. The number of carbonyl (C=O) groups is 1. The molecular formula is C12H14BrFN2O. The highest BCUT2D eigenvalue weighted by atomic mass is 79.9. The van der Waals surface area contributed by atoms with Crippen LogP contribution in [0.25, 0.3) is 0 Å². The first kappa shape index (κ1) is 12.5. The van der Waals surface area contributed by atoms with Crippen LogP contribution in [0.4, 0.5) is 4.39 Å². The van der Waals surface area contributed by atoms with E-state index in [1.807, 2.05) is 11.8 Å². The summed E-state index contributed by atoms with van der Waals surface area (Å²) >= 11 is 3.10. The van der Waals surface area contributed by atoms with E-state index in [9.17, 15) is 9.18 Å². The lowest BCUT2D eigenvalue weighted by Gasteiger charge is -2.37. The maximum absolute atomic E-state index is 13.1. The van der Waals surface area contributed by atoms with Crippen LogP contribution in [0.15, 0.2) is 22.7 Å². The number of likely N-dealkylation sites (N-methyl/N-ethyl adjacent to an activating group) is 1. The van der Waals surface area contributed by atoms with Crippen LogP contribution in [-0.4, -0.2) is 36.5 Å². The van der Waals surface area contributed by atoms with Crippen LogP contribution in [0, 0.1) is 5.82 Å². The third kappa shape index (κ3) is 2.50. The van der Waals surface area contributed by atoms with Gasteiger partial charge >= 0.3 is 0 Å². The lowest BCUT2D eigenvalue weighted by molar-refractivity contribution is 0.0630. The zero-order valence-corrected chi connectivity index (χ0v) is 11.1. The Morgan fingerprint density at radius 2 is 2.29 bits per heavy atom. The van der Waals surface area contributed by atoms with E-state index in [1.54, 1.807) is 0 Å². The Hall–Kier alpha value is -0.940. The highest BCUT2D eigenvalue weighted by molar-refractivity contribution is 9.10. The summed E-state index contributed by atoms with van der Waals surface area (Å²) in [4.78, 5) is 14.0. The molecule has 0 aliphatic carbocycles. The minimum absolute atomic E-state index is 0.0419. The van der Waals surface area contributed by atoms with E-state index in [0.29, 0.717) is 16.6 Å². The van der Waals surface area contributed by atoms with Crippen molar-refractivity contribution in [2.45, 2.75) is 13.0 Å². The second kappa shape index (κ2) is 5.14. The van der Waals surface area contributed by atoms with Crippen molar-refractivity contribution in [2.24, 2.45) is 0 Å². The molecule has 0 saturated carbocycles. The molecule has 1 aromatic carbocycles. The van der Waals surface area contributed by atoms with E-state index < -0.39 is 0 Å². The molecule has 0 unspecified atom stereocenters. The Morgan fingerprint density at radius 1 is 1.59 bits per heavy atom. The fourth-order valence-corrected chi connectivity index (χ4v) is 2.24. The Labute approximate surface area is 108 Å². The summed E-state index contributed by atoms with van der Waals surface area (Å²) in [7, 11) is 0. The summed E-state index contributed by atoms with van der Waals surface area (Å²) < 4.78 is 13.4. The molecule has 0 atom stereocenters. The minimum atomic E-state index is -0.352. The summed E-state index contributed by atoms with van der Waals surface area (Å²) in [5, 5.41) is 3.14. The van der Waals surface area contributed by atoms with Gasteiger partial charge in [-0.05, 0) is 41.1 Å². The maximum Gasteiger partial charge on any atom is 0.254 e. The molecule has 17 heavy (non-hydrogen) atoms. The Kier molecular flexibility index (Phi) is 3.79. The van der Waals surface area contributed by atoms with Crippen molar-refractivity contribution >= 4 is 21.8 Å². The molecule has 0 aromatic heterocycles. The van der Waals surface area contributed by atoms with Gasteiger partial charge in [-0.3, -0.25) is 4.79 Å². The van der Waals surface area contributed by atoms with Gasteiger partial charge in [0.25, 0.3) is 5.91 Å². The SMILES string of the molecule is CCN(C(=O)c1ccc(F)c(Br)c1)C1CNC1. The van der Waals surface area contributed by atoms with E-state index in [4.69, 9.17) is 0 Å². The molecule has 1 amide bonds. The van der Waals surface area contributed by atoms with Gasteiger partial charge in [0.15, 0.2) is 0 Å². The van der Waals surface area contributed by atoms with Crippen molar-refractivity contribution in [3.8, 4) is 0 Å². The number of nitrogens with one attached hydrogen (secondary N) is 1. The van der Waals surface area contributed by atoms with E-state index in [0.717, 1.165) is 13.1 Å². The number of hydrogen-bond donors (Lipinski definition) is 1. The highest BCUT2D eigenvalue weighted by Gasteiger charge is 2.28. The monoisotopic (exact) mass is 300 g/mol. The predicted octanol–water partition coefficient (Wildman–Crippen LogP) is 2.02. The zero-order chi connectivity index (χ0) is 12.4. The van der Waals surface area contributed by atoms with Crippen LogP contribution in [0.3, 0.4) is 0 Å². The standard InChI is InChI=1S/C12H14BrFN2O/c1-2-16(9-6-15-7-9)12(17)8-3-4-11(14)10(13)5-8/h3-5,9,15H,2,6-7H2,1H3. The Bertz CT molecular complexity index is 435. The molecular weight excluding hydrogens is 287 g/mol. The van der Waals surface area contributed by atoms with Gasteiger partial charge in [-0.1, -0.05) is 0 Å². The Balaban J connectivity index is 2.19. The van der Waals surface area contributed by atoms with E-state index in [1.165, 1.54) is 18.2 Å².